The molecule has 0 heterocycles. The van der Waals surface area contributed by atoms with E-state index in [1.807, 2.05) is 39.0 Å². The van der Waals surface area contributed by atoms with Crippen molar-refractivity contribution in [3.05, 3.63) is 53.6 Å². The van der Waals surface area contributed by atoms with E-state index in [1.165, 1.54) is 0 Å². The second-order valence-corrected chi connectivity index (χ2v) is 6.44. The first-order chi connectivity index (χ1) is 11.3. The number of hydrogen-bond acceptors (Lipinski definition) is 4. The van der Waals surface area contributed by atoms with E-state index < -0.39 is 5.97 Å². The number of ether oxygens (including phenoxy) is 2. The molecule has 2 aromatic carbocycles. The highest BCUT2D eigenvalue weighted by Crippen LogP contribution is 2.31. The number of anilines is 1. The van der Waals surface area contributed by atoms with Crippen molar-refractivity contribution >= 4 is 11.7 Å². The molecule has 0 atom stereocenters. The second kappa shape index (κ2) is 7.25. The lowest BCUT2D eigenvalue weighted by atomic mass is 10.1. The Labute approximate surface area is 142 Å². The zero-order valence-electron chi connectivity index (χ0n) is 14.4. The Bertz CT molecular complexity index is 702. The lowest BCUT2D eigenvalue weighted by Gasteiger charge is -2.23. The molecule has 0 aliphatic rings. The molecule has 5 heteroatoms. The van der Waals surface area contributed by atoms with E-state index in [9.17, 15) is 4.79 Å². The standard InChI is InChI=1S/C19H23NO4/c1-19(2,3)24-16-10-5-13(11-17(16)23-4)12-20-15-8-6-14(7-9-15)18(21)22/h5-11,20H,12H2,1-4H3,(H,21,22). The molecule has 0 saturated carbocycles. The van der Waals surface area contributed by atoms with E-state index in [1.54, 1.807) is 31.4 Å². The summed E-state index contributed by atoms with van der Waals surface area (Å²) in [6.45, 7) is 6.56. The SMILES string of the molecule is COc1cc(CNc2ccc(C(=O)O)cc2)ccc1OC(C)(C)C. The van der Waals surface area contributed by atoms with Crippen molar-refractivity contribution in [1.82, 2.24) is 0 Å². The monoisotopic (exact) mass is 329 g/mol. The molecule has 128 valence electrons. The minimum atomic E-state index is -0.930. The lowest BCUT2D eigenvalue weighted by Crippen LogP contribution is -2.23. The van der Waals surface area contributed by atoms with Crippen molar-refractivity contribution in [3.8, 4) is 11.5 Å². The third kappa shape index (κ3) is 4.91. The first-order valence-electron chi connectivity index (χ1n) is 7.71. The molecule has 0 unspecified atom stereocenters. The van der Waals surface area contributed by atoms with Gasteiger partial charge in [-0.2, -0.15) is 0 Å². The van der Waals surface area contributed by atoms with Crippen LogP contribution in [0.4, 0.5) is 5.69 Å². The Morgan fingerprint density at radius 3 is 2.29 bits per heavy atom. The highest BCUT2D eigenvalue weighted by atomic mass is 16.5. The van der Waals surface area contributed by atoms with Crippen molar-refractivity contribution in [3.63, 3.8) is 0 Å². The Morgan fingerprint density at radius 2 is 1.75 bits per heavy atom. The predicted molar refractivity (Wildman–Crippen MR) is 94.1 cm³/mol. The van der Waals surface area contributed by atoms with Gasteiger partial charge in [0, 0.05) is 12.2 Å². The predicted octanol–water partition coefficient (Wildman–Crippen LogP) is 4.18. The summed E-state index contributed by atoms with van der Waals surface area (Å²) in [5.74, 6) is 0.464. The van der Waals surface area contributed by atoms with E-state index in [-0.39, 0.29) is 11.2 Å². The van der Waals surface area contributed by atoms with E-state index in [0.29, 0.717) is 18.0 Å². The number of carboxylic acid groups (broad SMARTS) is 1. The molecule has 0 bridgehead atoms. The minimum Gasteiger partial charge on any atom is -0.493 e. The highest BCUT2D eigenvalue weighted by Gasteiger charge is 2.15. The van der Waals surface area contributed by atoms with Crippen molar-refractivity contribution in [2.75, 3.05) is 12.4 Å². The molecule has 2 aromatic rings. The van der Waals surface area contributed by atoms with Crippen LogP contribution in [0.1, 0.15) is 36.7 Å². The maximum absolute atomic E-state index is 10.8. The summed E-state index contributed by atoms with van der Waals surface area (Å²) in [5.41, 5.74) is 1.87. The molecule has 0 spiro atoms. The number of hydrogen-bond donors (Lipinski definition) is 2. The number of methoxy groups -OCH3 is 1. The van der Waals surface area contributed by atoms with Crippen LogP contribution in [0.5, 0.6) is 11.5 Å². The van der Waals surface area contributed by atoms with Crippen LogP contribution in [-0.2, 0) is 6.54 Å². The normalized spacial score (nSPS) is 11.0. The molecule has 0 aliphatic carbocycles. The topological polar surface area (TPSA) is 67.8 Å². The fraction of sp³-hybridized carbons (Fsp3) is 0.316. The molecule has 2 N–H and O–H groups in total. The number of carbonyl (C=O) groups is 1. The van der Waals surface area contributed by atoms with E-state index >= 15 is 0 Å². The van der Waals surface area contributed by atoms with Gasteiger partial charge >= 0.3 is 5.97 Å². The third-order valence-corrected chi connectivity index (χ3v) is 3.27. The quantitative estimate of drug-likeness (QED) is 0.832. The highest BCUT2D eigenvalue weighted by molar-refractivity contribution is 5.87. The number of carboxylic acids is 1. The third-order valence-electron chi connectivity index (χ3n) is 3.27. The molecule has 0 saturated heterocycles. The maximum atomic E-state index is 10.8. The van der Waals surface area contributed by atoms with Crippen LogP contribution in [0.25, 0.3) is 0 Å². The van der Waals surface area contributed by atoms with Gasteiger partial charge in [0.2, 0.25) is 0 Å². The summed E-state index contributed by atoms with van der Waals surface area (Å²) < 4.78 is 11.3. The van der Waals surface area contributed by atoms with Gasteiger partial charge in [0.25, 0.3) is 0 Å². The molecule has 0 amide bonds. The van der Waals surface area contributed by atoms with Crippen LogP contribution in [0.3, 0.4) is 0 Å². The van der Waals surface area contributed by atoms with Crippen LogP contribution < -0.4 is 14.8 Å². The zero-order chi connectivity index (χ0) is 17.7. The Morgan fingerprint density at radius 1 is 1.08 bits per heavy atom. The molecular weight excluding hydrogens is 306 g/mol. The number of aromatic carboxylic acids is 1. The van der Waals surface area contributed by atoms with Crippen LogP contribution in [0.2, 0.25) is 0 Å². The van der Waals surface area contributed by atoms with Gasteiger partial charge in [-0.05, 0) is 62.7 Å². The van der Waals surface area contributed by atoms with Gasteiger partial charge in [0.05, 0.1) is 12.7 Å². The first-order valence-corrected chi connectivity index (χ1v) is 7.71. The Hall–Kier alpha value is -2.69. The average molecular weight is 329 g/mol. The lowest BCUT2D eigenvalue weighted by molar-refractivity contribution is 0.0697. The molecule has 0 fully saturated rings. The van der Waals surface area contributed by atoms with Gasteiger partial charge < -0.3 is 19.9 Å². The van der Waals surface area contributed by atoms with Crippen molar-refractivity contribution in [2.24, 2.45) is 0 Å². The van der Waals surface area contributed by atoms with Gasteiger partial charge in [-0.15, -0.1) is 0 Å². The summed E-state index contributed by atoms with van der Waals surface area (Å²) in [7, 11) is 1.62. The van der Waals surface area contributed by atoms with Crippen LogP contribution in [0.15, 0.2) is 42.5 Å². The average Bonchev–Trinajstić information content (AvgIpc) is 2.53. The van der Waals surface area contributed by atoms with Gasteiger partial charge in [-0.1, -0.05) is 6.07 Å². The minimum absolute atomic E-state index is 0.269. The Balaban J connectivity index is 2.06. The smallest absolute Gasteiger partial charge is 0.335 e. The van der Waals surface area contributed by atoms with E-state index in [0.717, 1.165) is 11.3 Å². The summed E-state index contributed by atoms with van der Waals surface area (Å²) in [6.07, 6.45) is 0. The van der Waals surface area contributed by atoms with Crippen molar-refractivity contribution < 1.29 is 19.4 Å². The van der Waals surface area contributed by atoms with E-state index in [2.05, 4.69) is 5.32 Å². The molecular formula is C19H23NO4. The zero-order valence-corrected chi connectivity index (χ0v) is 14.4. The second-order valence-electron chi connectivity index (χ2n) is 6.44. The Kier molecular flexibility index (Phi) is 5.34. The van der Waals surface area contributed by atoms with E-state index in [4.69, 9.17) is 14.6 Å². The van der Waals surface area contributed by atoms with Crippen LogP contribution in [0, 0.1) is 0 Å². The van der Waals surface area contributed by atoms with Crippen molar-refractivity contribution in [2.45, 2.75) is 32.9 Å². The van der Waals surface area contributed by atoms with Gasteiger partial charge in [0.15, 0.2) is 11.5 Å². The number of rotatable bonds is 6. The molecule has 0 radical (unpaired) electrons. The fourth-order valence-corrected chi connectivity index (χ4v) is 2.17. The molecule has 24 heavy (non-hydrogen) atoms. The fourth-order valence-electron chi connectivity index (χ4n) is 2.17. The van der Waals surface area contributed by atoms with Gasteiger partial charge in [-0.25, -0.2) is 4.79 Å². The van der Waals surface area contributed by atoms with Gasteiger partial charge in [-0.3, -0.25) is 0 Å². The first kappa shape index (κ1) is 17.7. The summed E-state index contributed by atoms with van der Waals surface area (Å²) in [4.78, 5) is 10.8. The number of benzene rings is 2. The summed E-state index contributed by atoms with van der Waals surface area (Å²) in [5, 5.41) is 12.2. The van der Waals surface area contributed by atoms with Crippen LogP contribution >= 0.6 is 0 Å². The molecule has 0 aromatic heterocycles. The van der Waals surface area contributed by atoms with Crippen LogP contribution in [-0.4, -0.2) is 23.8 Å². The van der Waals surface area contributed by atoms with Crippen molar-refractivity contribution in [1.29, 1.82) is 0 Å². The summed E-state index contributed by atoms with van der Waals surface area (Å²) >= 11 is 0. The summed E-state index contributed by atoms with van der Waals surface area (Å²) in [6, 6.07) is 12.4. The molecule has 0 aliphatic heterocycles. The number of nitrogens with one attached hydrogen (secondary N) is 1. The van der Waals surface area contributed by atoms with Gasteiger partial charge in [0.1, 0.15) is 5.60 Å². The molecule has 2 rings (SSSR count). The maximum Gasteiger partial charge on any atom is 0.335 e. The largest absolute Gasteiger partial charge is 0.493 e. The molecule has 5 nitrogen and oxygen atoms in total.